The van der Waals surface area contributed by atoms with Crippen molar-refractivity contribution in [2.75, 3.05) is 5.32 Å². The van der Waals surface area contributed by atoms with Gasteiger partial charge in [0.15, 0.2) is 0 Å². The Labute approximate surface area is 152 Å². The molecule has 0 saturated heterocycles. The Morgan fingerprint density at radius 1 is 1.15 bits per heavy atom. The average Bonchev–Trinajstić information content (AvgIpc) is 2.91. The van der Waals surface area contributed by atoms with E-state index < -0.39 is 5.60 Å². The van der Waals surface area contributed by atoms with E-state index in [1.54, 1.807) is 6.07 Å². The predicted molar refractivity (Wildman–Crippen MR) is 102 cm³/mol. The summed E-state index contributed by atoms with van der Waals surface area (Å²) in [6.45, 7) is 3.88. The van der Waals surface area contributed by atoms with Crippen molar-refractivity contribution in [3.05, 3.63) is 70.8 Å². The van der Waals surface area contributed by atoms with Gasteiger partial charge in [0.05, 0.1) is 11.6 Å². The van der Waals surface area contributed by atoms with Gasteiger partial charge in [0, 0.05) is 22.4 Å². The zero-order valence-electron chi connectivity index (χ0n) is 14.6. The Hall–Kier alpha value is -3.32. The van der Waals surface area contributed by atoms with Crippen LogP contribution in [-0.2, 0) is 9.53 Å². The number of carbonyl (C=O) groups excluding carboxylic acids is 1. The van der Waals surface area contributed by atoms with Crippen molar-refractivity contribution < 1.29 is 9.53 Å². The summed E-state index contributed by atoms with van der Waals surface area (Å²) < 4.78 is 6.20. The first-order chi connectivity index (χ1) is 12.4. The third kappa shape index (κ3) is 2.33. The smallest absolute Gasteiger partial charge is 0.213 e. The fourth-order valence-electron chi connectivity index (χ4n) is 3.56. The van der Waals surface area contributed by atoms with Crippen LogP contribution in [0.3, 0.4) is 0 Å². The molecule has 128 valence electrons. The van der Waals surface area contributed by atoms with Crippen molar-refractivity contribution in [3.8, 4) is 12.3 Å². The molecule has 2 aromatic rings. The summed E-state index contributed by atoms with van der Waals surface area (Å²) in [5.74, 6) is 2.88. The van der Waals surface area contributed by atoms with E-state index in [9.17, 15) is 4.79 Å². The molecule has 4 rings (SSSR count). The molecule has 0 amide bonds. The van der Waals surface area contributed by atoms with E-state index in [0.717, 1.165) is 16.8 Å². The SMILES string of the molecule is C#Cc1cccc(NC2C3=C(OC2(C)C)c2ccccc2C(=N)C3=O)c1. The topological polar surface area (TPSA) is 62.2 Å². The molecule has 2 aromatic carbocycles. The molecule has 1 aliphatic carbocycles. The lowest BCUT2D eigenvalue weighted by molar-refractivity contribution is -0.110. The molecule has 1 aliphatic heterocycles. The normalized spacial score (nSPS) is 20.1. The first kappa shape index (κ1) is 16.2. The summed E-state index contributed by atoms with van der Waals surface area (Å²) in [5, 5.41) is 11.7. The number of ether oxygens (including phenoxy) is 1. The van der Waals surface area contributed by atoms with E-state index >= 15 is 0 Å². The van der Waals surface area contributed by atoms with Crippen LogP contribution >= 0.6 is 0 Å². The molecule has 0 bridgehead atoms. The highest BCUT2D eigenvalue weighted by Crippen LogP contribution is 2.44. The quantitative estimate of drug-likeness (QED) is 0.820. The maximum Gasteiger partial charge on any atom is 0.213 e. The van der Waals surface area contributed by atoms with Crippen molar-refractivity contribution in [3.63, 3.8) is 0 Å². The Bertz CT molecular complexity index is 1020. The number of ketones is 1. The van der Waals surface area contributed by atoms with E-state index in [1.165, 1.54) is 0 Å². The second-order valence-corrected chi connectivity index (χ2v) is 7.00. The molecule has 2 aliphatic rings. The number of fused-ring (bicyclic) bond motifs is 2. The molecular weight excluding hydrogens is 324 g/mol. The minimum atomic E-state index is -0.649. The van der Waals surface area contributed by atoms with Gasteiger partial charge in [0.2, 0.25) is 5.78 Å². The van der Waals surface area contributed by atoms with E-state index in [1.807, 2.05) is 56.3 Å². The summed E-state index contributed by atoms with van der Waals surface area (Å²) in [5.41, 5.74) is 2.84. The predicted octanol–water partition coefficient (Wildman–Crippen LogP) is 3.62. The molecule has 1 unspecified atom stereocenters. The lowest BCUT2D eigenvalue weighted by atomic mass is 9.82. The van der Waals surface area contributed by atoms with E-state index in [2.05, 4.69) is 11.2 Å². The van der Waals surface area contributed by atoms with Gasteiger partial charge in [-0.15, -0.1) is 6.42 Å². The van der Waals surface area contributed by atoms with Crippen molar-refractivity contribution in [2.24, 2.45) is 0 Å². The van der Waals surface area contributed by atoms with Crippen LogP contribution < -0.4 is 5.32 Å². The second-order valence-electron chi connectivity index (χ2n) is 7.00. The maximum atomic E-state index is 12.9. The first-order valence-electron chi connectivity index (χ1n) is 8.42. The van der Waals surface area contributed by atoms with Gasteiger partial charge in [-0.2, -0.15) is 0 Å². The zero-order valence-corrected chi connectivity index (χ0v) is 14.6. The zero-order chi connectivity index (χ0) is 18.5. The molecule has 0 spiro atoms. The summed E-state index contributed by atoms with van der Waals surface area (Å²) in [7, 11) is 0. The lowest BCUT2D eigenvalue weighted by Crippen LogP contribution is -2.43. The molecule has 1 heterocycles. The van der Waals surface area contributed by atoms with Crippen LogP contribution in [0.1, 0.15) is 30.5 Å². The summed E-state index contributed by atoms with van der Waals surface area (Å²) in [6, 6.07) is 14.5. The van der Waals surface area contributed by atoms with Gasteiger partial charge in [0.25, 0.3) is 0 Å². The Kier molecular flexibility index (Phi) is 3.48. The average molecular weight is 342 g/mol. The number of benzene rings is 2. The number of anilines is 1. The minimum absolute atomic E-state index is 0.00447. The summed E-state index contributed by atoms with van der Waals surface area (Å²) >= 11 is 0. The maximum absolute atomic E-state index is 12.9. The van der Waals surface area contributed by atoms with Crippen LogP contribution in [0.2, 0.25) is 0 Å². The van der Waals surface area contributed by atoms with Crippen LogP contribution in [-0.4, -0.2) is 23.1 Å². The third-order valence-electron chi connectivity index (χ3n) is 4.85. The number of hydrogen-bond donors (Lipinski definition) is 2. The number of carbonyl (C=O) groups is 1. The van der Waals surface area contributed by atoms with Crippen LogP contribution in [0.25, 0.3) is 5.76 Å². The summed E-state index contributed by atoms with van der Waals surface area (Å²) in [4.78, 5) is 12.9. The van der Waals surface area contributed by atoms with Gasteiger partial charge in [-0.1, -0.05) is 36.3 Å². The molecule has 26 heavy (non-hydrogen) atoms. The Balaban J connectivity index is 1.82. The van der Waals surface area contributed by atoms with Gasteiger partial charge < -0.3 is 10.1 Å². The van der Waals surface area contributed by atoms with Crippen LogP contribution in [0.15, 0.2) is 54.1 Å². The van der Waals surface area contributed by atoms with Gasteiger partial charge in [0.1, 0.15) is 17.1 Å². The molecular formula is C22H18N2O2. The highest BCUT2D eigenvalue weighted by Gasteiger charge is 2.49. The van der Waals surface area contributed by atoms with Gasteiger partial charge in [-0.3, -0.25) is 10.2 Å². The minimum Gasteiger partial charge on any atom is -0.484 e. The van der Waals surface area contributed by atoms with Crippen LogP contribution in [0.4, 0.5) is 5.69 Å². The third-order valence-corrected chi connectivity index (χ3v) is 4.85. The largest absolute Gasteiger partial charge is 0.484 e. The lowest BCUT2D eigenvalue weighted by Gasteiger charge is -2.29. The monoisotopic (exact) mass is 342 g/mol. The molecule has 0 saturated carbocycles. The van der Waals surface area contributed by atoms with Crippen LogP contribution in [0.5, 0.6) is 0 Å². The van der Waals surface area contributed by atoms with E-state index in [-0.39, 0.29) is 17.5 Å². The number of Topliss-reactive ketones (excluding diaryl/α,β-unsaturated/α-hetero) is 1. The fraction of sp³-hybridized carbons (Fsp3) is 0.182. The van der Waals surface area contributed by atoms with Crippen molar-refractivity contribution in [1.29, 1.82) is 5.41 Å². The highest BCUT2D eigenvalue weighted by atomic mass is 16.5. The van der Waals surface area contributed by atoms with Gasteiger partial charge in [-0.25, -0.2) is 0 Å². The molecule has 2 N–H and O–H groups in total. The Morgan fingerprint density at radius 3 is 2.62 bits per heavy atom. The van der Waals surface area contributed by atoms with Gasteiger partial charge in [-0.05, 0) is 32.0 Å². The highest BCUT2D eigenvalue weighted by molar-refractivity contribution is 6.53. The standard InChI is InChI=1S/C22H18N2O2/c1-4-13-8-7-9-14(12-13)24-21-17-19(25)18(23)15-10-5-6-11-16(15)20(17)26-22(21,2)3/h1,5-12,21,23-24H,2-3H3. The van der Waals surface area contributed by atoms with Crippen molar-refractivity contribution >= 4 is 22.9 Å². The first-order valence-corrected chi connectivity index (χ1v) is 8.42. The van der Waals surface area contributed by atoms with Crippen LogP contribution in [0, 0.1) is 17.8 Å². The molecule has 0 aromatic heterocycles. The second kappa shape index (κ2) is 5.60. The van der Waals surface area contributed by atoms with Crippen molar-refractivity contribution in [1.82, 2.24) is 0 Å². The molecule has 4 nitrogen and oxygen atoms in total. The summed E-state index contributed by atoms with van der Waals surface area (Å²) in [6.07, 6.45) is 5.49. The van der Waals surface area contributed by atoms with E-state index in [0.29, 0.717) is 16.9 Å². The van der Waals surface area contributed by atoms with Crippen molar-refractivity contribution in [2.45, 2.75) is 25.5 Å². The number of nitrogens with one attached hydrogen (secondary N) is 2. The molecule has 4 heteroatoms. The van der Waals surface area contributed by atoms with Gasteiger partial charge >= 0.3 is 0 Å². The molecule has 0 fully saturated rings. The molecule has 0 radical (unpaired) electrons. The number of rotatable bonds is 2. The number of hydrogen-bond acceptors (Lipinski definition) is 4. The number of terminal acetylenes is 1. The molecule has 1 atom stereocenters. The fourth-order valence-corrected chi connectivity index (χ4v) is 3.56. The Morgan fingerprint density at radius 2 is 1.88 bits per heavy atom. The van der Waals surface area contributed by atoms with E-state index in [4.69, 9.17) is 16.6 Å².